The summed E-state index contributed by atoms with van der Waals surface area (Å²) in [5, 5.41) is 3.20. The molecule has 1 amide bonds. The Balaban J connectivity index is 1.51. The normalized spacial score (nSPS) is 24.0. The molecule has 1 aromatic rings. The van der Waals surface area contributed by atoms with E-state index < -0.39 is 0 Å². The Morgan fingerprint density at radius 1 is 1.33 bits per heavy atom. The van der Waals surface area contributed by atoms with E-state index in [0.29, 0.717) is 24.1 Å². The van der Waals surface area contributed by atoms with E-state index in [0.717, 1.165) is 19.5 Å². The van der Waals surface area contributed by atoms with Crippen LogP contribution in [-0.2, 0) is 0 Å². The Labute approximate surface area is 144 Å². The van der Waals surface area contributed by atoms with Gasteiger partial charge in [-0.3, -0.25) is 9.69 Å². The largest absolute Gasteiger partial charge is 0.476 e. The Morgan fingerprint density at radius 2 is 2.21 bits per heavy atom. The van der Waals surface area contributed by atoms with Crippen molar-refractivity contribution in [3.05, 3.63) is 23.9 Å². The van der Waals surface area contributed by atoms with Gasteiger partial charge in [-0.1, -0.05) is 6.42 Å². The molecule has 24 heavy (non-hydrogen) atoms. The SMILES string of the molecule is CN(C)CCOc1ccc(C(=O)NC2CCN3CCCCC23)cn1. The van der Waals surface area contributed by atoms with Crippen molar-refractivity contribution in [2.24, 2.45) is 0 Å². The van der Waals surface area contributed by atoms with Crippen molar-refractivity contribution < 1.29 is 9.53 Å². The fraction of sp³-hybridized carbons (Fsp3) is 0.667. The number of amides is 1. The van der Waals surface area contributed by atoms with Gasteiger partial charge in [0, 0.05) is 37.4 Å². The molecule has 3 rings (SSSR count). The number of nitrogens with zero attached hydrogens (tertiary/aromatic N) is 3. The van der Waals surface area contributed by atoms with Crippen LogP contribution >= 0.6 is 0 Å². The minimum absolute atomic E-state index is 0.0280. The molecule has 2 unspecified atom stereocenters. The van der Waals surface area contributed by atoms with E-state index in [4.69, 9.17) is 4.74 Å². The summed E-state index contributed by atoms with van der Waals surface area (Å²) >= 11 is 0. The van der Waals surface area contributed by atoms with E-state index in [1.54, 1.807) is 18.3 Å². The zero-order valence-corrected chi connectivity index (χ0v) is 14.7. The summed E-state index contributed by atoms with van der Waals surface area (Å²) in [5.74, 6) is 0.535. The number of hydrogen-bond donors (Lipinski definition) is 1. The molecule has 0 aromatic carbocycles. The molecule has 2 atom stereocenters. The molecule has 6 heteroatoms. The highest BCUT2D eigenvalue weighted by Crippen LogP contribution is 2.27. The van der Waals surface area contributed by atoms with Crippen LogP contribution in [0, 0.1) is 0 Å². The third-order valence-electron chi connectivity index (χ3n) is 4.96. The number of rotatable bonds is 6. The van der Waals surface area contributed by atoms with Gasteiger partial charge in [-0.2, -0.15) is 0 Å². The van der Waals surface area contributed by atoms with Crippen molar-refractivity contribution in [1.29, 1.82) is 0 Å². The van der Waals surface area contributed by atoms with Gasteiger partial charge in [-0.25, -0.2) is 4.98 Å². The molecule has 0 bridgehead atoms. The number of aromatic nitrogens is 1. The van der Waals surface area contributed by atoms with Crippen molar-refractivity contribution in [3.63, 3.8) is 0 Å². The second-order valence-corrected chi connectivity index (χ2v) is 7.00. The second kappa shape index (κ2) is 7.94. The van der Waals surface area contributed by atoms with Gasteiger partial charge >= 0.3 is 0 Å². The Bertz CT molecular complexity index is 546. The Kier molecular flexibility index (Phi) is 5.68. The summed E-state index contributed by atoms with van der Waals surface area (Å²) in [6, 6.07) is 4.35. The van der Waals surface area contributed by atoms with Crippen molar-refractivity contribution in [2.45, 2.75) is 37.8 Å². The highest BCUT2D eigenvalue weighted by atomic mass is 16.5. The van der Waals surface area contributed by atoms with Gasteiger partial charge < -0.3 is 15.0 Å². The Morgan fingerprint density at radius 3 is 2.96 bits per heavy atom. The van der Waals surface area contributed by atoms with Crippen LogP contribution in [0.25, 0.3) is 0 Å². The molecule has 1 N–H and O–H groups in total. The van der Waals surface area contributed by atoms with Gasteiger partial charge in [0.15, 0.2) is 0 Å². The standard InChI is InChI=1S/C18H28N4O2/c1-21(2)11-12-24-17-7-6-14(13-19-17)18(23)20-15-8-10-22-9-4-3-5-16(15)22/h6-7,13,15-16H,3-5,8-12H2,1-2H3,(H,20,23). The van der Waals surface area contributed by atoms with Gasteiger partial charge in [-0.15, -0.1) is 0 Å². The summed E-state index contributed by atoms with van der Waals surface area (Å²) in [7, 11) is 4.00. The molecule has 2 aliphatic rings. The summed E-state index contributed by atoms with van der Waals surface area (Å²) < 4.78 is 5.56. The first-order chi connectivity index (χ1) is 11.6. The maximum atomic E-state index is 12.5. The Hall–Kier alpha value is -1.66. The lowest BCUT2D eigenvalue weighted by molar-refractivity contribution is 0.0915. The lowest BCUT2D eigenvalue weighted by Crippen LogP contribution is -2.46. The van der Waals surface area contributed by atoms with E-state index in [1.165, 1.54) is 25.8 Å². The van der Waals surface area contributed by atoms with Crippen LogP contribution in [-0.4, -0.2) is 73.1 Å². The van der Waals surface area contributed by atoms with E-state index in [-0.39, 0.29) is 11.9 Å². The molecule has 0 radical (unpaired) electrons. The van der Waals surface area contributed by atoms with Crippen molar-refractivity contribution in [1.82, 2.24) is 20.1 Å². The minimum Gasteiger partial charge on any atom is -0.476 e. The van der Waals surface area contributed by atoms with Gasteiger partial charge in [0.05, 0.1) is 5.56 Å². The number of likely N-dealkylation sites (N-methyl/N-ethyl adjacent to an activating group) is 1. The van der Waals surface area contributed by atoms with Gasteiger partial charge in [0.1, 0.15) is 6.61 Å². The molecule has 0 aliphatic carbocycles. The zero-order valence-electron chi connectivity index (χ0n) is 14.7. The third kappa shape index (κ3) is 4.24. The lowest BCUT2D eigenvalue weighted by Gasteiger charge is -2.32. The molecule has 132 valence electrons. The fourth-order valence-corrected chi connectivity index (χ4v) is 3.60. The number of pyridine rings is 1. The lowest BCUT2D eigenvalue weighted by atomic mass is 9.99. The van der Waals surface area contributed by atoms with Gasteiger partial charge in [0.25, 0.3) is 5.91 Å². The molecular formula is C18H28N4O2. The topological polar surface area (TPSA) is 57.7 Å². The van der Waals surface area contributed by atoms with Crippen molar-refractivity contribution >= 4 is 5.91 Å². The average Bonchev–Trinajstić information content (AvgIpc) is 2.98. The van der Waals surface area contributed by atoms with Crippen LogP contribution < -0.4 is 10.1 Å². The number of carbonyl (C=O) groups excluding carboxylic acids is 1. The van der Waals surface area contributed by atoms with Crippen LogP contribution in [0.3, 0.4) is 0 Å². The highest BCUT2D eigenvalue weighted by Gasteiger charge is 2.36. The number of hydrogen-bond acceptors (Lipinski definition) is 5. The average molecular weight is 332 g/mol. The van der Waals surface area contributed by atoms with Crippen LogP contribution in [0.15, 0.2) is 18.3 Å². The van der Waals surface area contributed by atoms with E-state index in [1.807, 2.05) is 14.1 Å². The predicted octanol–water partition coefficient (Wildman–Crippen LogP) is 1.38. The molecule has 2 saturated heterocycles. The summed E-state index contributed by atoms with van der Waals surface area (Å²) in [6.07, 6.45) is 6.41. The fourth-order valence-electron chi connectivity index (χ4n) is 3.60. The number of nitrogens with one attached hydrogen (secondary N) is 1. The van der Waals surface area contributed by atoms with E-state index >= 15 is 0 Å². The van der Waals surface area contributed by atoms with Gasteiger partial charge in [0.2, 0.25) is 5.88 Å². The molecule has 2 aliphatic heterocycles. The first-order valence-electron chi connectivity index (χ1n) is 8.92. The number of fused-ring (bicyclic) bond motifs is 1. The first-order valence-corrected chi connectivity index (χ1v) is 8.92. The molecule has 3 heterocycles. The smallest absolute Gasteiger partial charge is 0.253 e. The zero-order chi connectivity index (χ0) is 16.9. The van der Waals surface area contributed by atoms with Crippen LogP contribution in [0.5, 0.6) is 5.88 Å². The highest BCUT2D eigenvalue weighted by molar-refractivity contribution is 5.94. The van der Waals surface area contributed by atoms with Crippen molar-refractivity contribution in [2.75, 3.05) is 40.3 Å². The number of carbonyl (C=O) groups is 1. The quantitative estimate of drug-likeness (QED) is 0.853. The number of ether oxygens (including phenoxy) is 1. The van der Waals surface area contributed by atoms with E-state index in [9.17, 15) is 4.79 Å². The van der Waals surface area contributed by atoms with E-state index in [2.05, 4.69) is 20.1 Å². The molecule has 0 saturated carbocycles. The molecule has 6 nitrogen and oxygen atoms in total. The van der Waals surface area contributed by atoms with Crippen molar-refractivity contribution in [3.8, 4) is 5.88 Å². The minimum atomic E-state index is -0.0280. The summed E-state index contributed by atoms with van der Waals surface area (Å²) in [4.78, 5) is 21.3. The summed E-state index contributed by atoms with van der Waals surface area (Å²) in [5.41, 5.74) is 0.601. The van der Waals surface area contributed by atoms with Gasteiger partial charge in [-0.05, 0) is 46.0 Å². The monoisotopic (exact) mass is 332 g/mol. The molecule has 0 spiro atoms. The molecule has 1 aromatic heterocycles. The van der Waals surface area contributed by atoms with Crippen LogP contribution in [0.4, 0.5) is 0 Å². The first kappa shape index (κ1) is 17.2. The molecule has 2 fully saturated rings. The maximum Gasteiger partial charge on any atom is 0.253 e. The van der Waals surface area contributed by atoms with Crippen LogP contribution in [0.1, 0.15) is 36.0 Å². The second-order valence-electron chi connectivity index (χ2n) is 7.00. The maximum absolute atomic E-state index is 12.5. The predicted molar refractivity (Wildman–Crippen MR) is 93.4 cm³/mol. The number of piperidine rings is 1. The third-order valence-corrected chi connectivity index (χ3v) is 4.96. The van der Waals surface area contributed by atoms with Crippen LogP contribution in [0.2, 0.25) is 0 Å². The molecular weight excluding hydrogens is 304 g/mol. The summed E-state index contributed by atoms with van der Waals surface area (Å²) in [6.45, 7) is 3.71.